The third-order valence-corrected chi connectivity index (χ3v) is 3.97. The molecule has 0 bridgehead atoms. The highest BCUT2D eigenvalue weighted by Gasteiger charge is 2.41. The van der Waals surface area contributed by atoms with Crippen LogP contribution in [-0.2, 0) is 9.59 Å². The Hall–Kier alpha value is -2.11. The zero-order chi connectivity index (χ0) is 16.2. The fraction of sp³-hybridized carbons (Fsp3) is 0.500. The highest BCUT2D eigenvalue weighted by atomic mass is 19.1. The summed E-state index contributed by atoms with van der Waals surface area (Å²) in [6, 6.07) is 6.12. The maximum absolute atomic E-state index is 13.3. The minimum Gasteiger partial charge on any atom is -0.491 e. The number of likely N-dealkylation sites (tertiary alicyclic amines) is 1. The van der Waals surface area contributed by atoms with Crippen molar-refractivity contribution in [2.45, 2.75) is 26.2 Å². The average Bonchev–Trinajstić information content (AvgIpc) is 2.89. The molecule has 0 aromatic heterocycles. The van der Waals surface area contributed by atoms with Crippen LogP contribution in [0, 0.1) is 11.2 Å². The number of rotatable bonds is 6. The molecule has 2 rings (SSSR count). The third-order valence-electron chi connectivity index (χ3n) is 3.97. The Morgan fingerprint density at radius 1 is 1.41 bits per heavy atom. The van der Waals surface area contributed by atoms with Crippen molar-refractivity contribution in [1.29, 1.82) is 0 Å². The van der Waals surface area contributed by atoms with Gasteiger partial charge in [-0.1, -0.05) is 12.1 Å². The van der Waals surface area contributed by atoms with Crippen molar-refractivity contribution >= 4 is 11.9 Å². The van der Waals surface area contributed by atoms with Crippen LogP contribution < -0.4 is 4.74 Å². The van der Waals surface area contributed by atoms with E-state index >= 15 is 0 Å². The first kappa shape index (κ1) is 16.3. The van der Waals surface area contributed by atoms with Gasteiger partial charge in [-0.25, -0.2) is 4.39 Å². The molecule has 1 saturated heterocycles. The molecular weight excluding hydrogens is 289 g/mol. The molecule has 120 valence electrons. The molecule has 0 unspecified atom stereocenters. The van der Waals surface area contributed by atoms with Crippen LogP contribution in [0.1, 0.15) is 26.2 Å². The molecule has 0 saturated carbocycles. The number of carboxylic acids is 1. The Morgan fingerprint density at radius 3 is 2.77 bits per heavy atom. The number of para-hydroxylation sites is 1. The number of aliphatic carboxylic acids is 1. The fourth-order valence-corrected chi connectivity index (χ4v) is 2.47. The van der Waals surface area contributed by atoms with E-state index in [1.807, 2.05) is 0 Å². The van der Waals surface area contributed by atoms with Crippen molar-refractivity contribution in [1.82, 2.24) is 4.90 Å². The molecule has 22 heavy (non-hydrogen) atoms. The summed E-state index contributed by atoms with van der Waals surface area (Å²) in [6.45, 7) is 2.62. The number of amides is 1. The minimum absolute atomic E-state index is 0.0814. The second-order valence-electron chi connectivity index (χ2n) is 5.81. The number of halogens is 1. The Morgan fingerprint density at radius 2 is 2.14 bits per heavy atom. The monoisotopic (exact) mass is 309 g/mol. The molecule has 1 fully saturated rings. The minimum atomic E-state index is -0.870. The SMILES string of the molecule is C[C@@]1(C(=O)O)CCN(C(=O)CCCOc2ccccc2F)C1. The molecule has 1 heterocycles. The number of carboxylic acid groups (broad SMARTS) is 1. The molecule has 0 aliphatic carbocycles. The van der Waals surface area contributed by atoms with Crippen molar-refractivity contribution in [2.24, 2.45) is 5.41 Å². The quantitative estimate of drug-likeness (QED) is 0.819. The second kappa shape index (κ2) is 6.77. The molecule has 1 aromatic rings. The van der Waals surface area contributed by atoms with Gasteiger partial charge in [-0.05, 0) is 31.9 Å². The number of carbonyl (C=O) groups excluding carboxylic acids is 1. The molecule has 1 aromatic carbocycles. The van der Waals surface area contributed by atoms with Gasteiger partial charge in [0.1, 0.15) is 0 Å². The van der Waals surface area contributed by atoms with E-state index in [-0.39, 0.29) is 31.2 Å². The summed E-state index contributed by atoms with van der Waals surface area (Å²) in [5.41, 5.74) is -0.848. The molecule has 6 heteroatoms. The molecule has 0 radical (unpaired) electrons. The van der Waals surface area contributed by atoms with Gasteiger partial charge in [0.25, 0.3) is 0 Å². The number of ether oxygens (including phenoxy) is 1. The Balaban J connectivity index is 1.73. The van der Waals surface area contributed by atoms with Gasteiger partial charge >= 0.3 is 5.97 Å². The highest BCUT2D eigenvalue weighted by molar-refractivity contribution is 5.80. The largest absolute Gasteiger partial charge is 0.491 e. The van der Waals surface area contributed by atoms with Crippen molar-refractivity contribution in [3.63, 3.8) is 0 Å². The lowest BCUT2D eigenvalue weighted by Crippen LogP contribution is -2.34. The smallest absolute Gasteiger partial charge is 0.311 e. The van der Waals surface area contributed by atoms with Crippen LogP contribution >= 0.6 is 0 Å². The zero-order valence-corrected chi connectivity index (χ0v) is 12.5. The van der Waals surface area contributed by atoms with Crippen LogP contribution in [0.3, 0.4) is 0 Å². The topological polar surface area (TPSA) is 66.8 Å². The van der Waals surface area contributed by atoms with Gasteiger partial charge < -0.3 is 14.7 Å². The predicted molar refractivity (Wildman–Crippen MR) is 78.1 cm³/mol. The molecule has 5 nitrogen and oxygen atoms in total. The van der Waals surface area contributed by atoms with E-state index in [0.29, 0.717) is 19.4 Å². The van der Waals surface area contributed by atoms with E-state index in [1.54, 1.807) is 24.0 Å². The second-order valence-corrected chi connectivity index (χ2v) is 5.81. The zero-order valence-electron chi connectivity index (χ0n) is 12.5. The van der Waals surface area contributed by atoms with Gasteiger partial charge in [0.2, 0.25) is 5.91 Å². The Kier molecular flexibility index (Phi) is 5.00. The first-order valence-electron chi connectivity index (χ1n) is 7.31. The highest BCUT2D eigenvalue weighted by Crippen LogP contribution is 2.30. The summed E-state index contributed by atoms with van der Waals surface area (Å²) in [4.78, 5) is 24.8. The van der Waals surface area contributed by atoms with Gasteiger partial charge in [-0.3, -0.25) is 9.59 Å². The van der Waals surface area contributed by atoms with E-state index < -0.39 is 17.2 Å². The summed E-state index contributed by atoms with van der Waals surface area (Å²) in [7, 11) is 0. The summed E-state index contributed by atoms with van der Waals surface area (Å²) in [5.74, 6) is -1.20. The van der Waals surface area contributed by atoms with Crippen molar-refractivity contribution in [3.8, 4) is 5.75 Å². The summed E-state index contributed by atoms with van der Waals surface area (Å²) in [5, 5.41) is 9.14. The van der Waals surface area contributed by atoms with E-state index in [2.05, 4.69) is 0 Å². The number of benzene rings is 1. The lowest BCUT2D eigenvalue weighted by Gasteiger charge is -2.20. The van der Waals surface area contributed by atoms with Crippen LogP contribution in [0.4, 0.5) is 4.39 Å². The van der Waals surface area contributed by atoms with Crippen molar-refractivity contribution in [2.75, 3.05) is 19.7 Å². The molecule has 1 aliphatic heterocycles. The fourth-order valence-electron chi connectivity index (χ4n) is 2.47. The first-order valence-corrected chi connectivity index (χ1v) is 7.31. The van der Waals surface area contributed by atoms with Gasteiger partial charge in [-0.15, -0.1) is 0 Å². The average molecular weight is 309 g/mol. The molecular formula is C16H20FNO4. The van der Waals surface area contributed by atoms with Crippen LogP contribution in [0.2, 0.25) is 0 Å². The maximum atomic E-state index is 13.3. The summed E-state index contributed by atoms with van der Waals surface area (Å²) < 4.78 is 18.6. The van der Waals surface area contributed by atoms with Gasteiger partial charge in [0, 0.05) is 19.5 Å². The van der Waals surface area contributed by atoms with E-state index in [4.69, 9.17) is 9.84 Å². The lowest BCUT2D eigenvalue weighted by molar-refractivity contribution is -0.147. The number of hydrogen-bond acceptors (Lipinski definition) is 3. The normalized spacial score (nSPS) is 20.9. The molecule has 1 amide bonds. The number of carbonyl (C=O) groups is 2. The van der Waals surface area contributed by atoms with Crippen molar-refractivity contribution in [3.05, 3.63) is 30.1 Å². The number of nitrogens with zero attached hydrogens (tertiary/aromatic N) is 1. The van der Waals surface area contributed by atoms with Gasteiger partial charge in [0.05, 0.1) is 12.0 Å². The van der Waals surface area contributed by atoms with E-state index in [0.717, 1.165) is 0 Å². The van der Waals surface area contributed by atoms with Crippen LogP contribution in [0.25, 0.3) is 0 Å². The van der Waals surface area contributed by atoms with Gasteiger partial charge in [0.15, 0.2) is 11.6 Å². The first-order chi connectivity index (χ1) is 10.4. The molecule has 1 aliphatic rings. The van der Waals surface area contributed by atoms with E-state index in [1.165, 1.54) is 12.1 Å². The van der Waals surface area contributed by atoms with E-state index in [9.17, 15) is 14.0 Å². The lowest BCUT2D eigenvalue weighted by atomic mass is 9.90. The summed E-state index contributed by atoms with van der Waals surface area (Å²) >= 11 is 0. The van der Waals surface area contributed by atoms with Crippen LogP contribution in [-0.4, -0.2) is 41.6 Å². The Labute approximate surface area is 128 Å². The predicted octanol–water partition coefficient (Wildman–Crippen LogP) is 2.31. The third kappa shape index (κ3) is 3.75. The van der Waals surface area contributed by atoms with Crippen molar-refractivity contribution < 1.29 is 23.8 Å². The molecule has 1 atom stereocenters. The Bertz CT molecular complexity index is 563. The van der Waals surface area contributed by atoms with Crippen LogP contribution in [0.5, 0.6) is 5.75 Å². The molecule has 1 N–H and O–H groups in total. The summed E-state index contributed by atoms with van der Waals surface area (Å²) in [6.07, 6.45) is 1.21. The standard InChI is InChI=1S/C16H20FNO4/c1-16(15(20)21)8-9-18(11-16)14(19)7-4-10-22-13-6-3-2-5-12(13)17/h2-3,5-6H,4,7-11H2,1H3,(H,20,21)/t16-/m1/s1. The molecule has 0 spiro atoms. The van der Waals surface area contributed by atoms with Gasteiger partial charge in [-0.2, -0.15) is 0 Å². The van der Waals surface area contributed by atoms with Crippen LogP contribution in [0.15, 0.2) is 24.3 Å². The number of hydrogen-bond donors (Lipinski definition) is 1. The maximum Gasteiger partial charge on any atom is 0.311 e.